The van der Waals surface area contributed by atoms with E-state index in [0.717, 1.165) is 20.7 Å². The molecule has 2 atom stereocenters. The third-order valence-corrected chi connectivity index (χ3v) is 4.44. The van der Waals surface area contributed by atoms with Gasteiger partial charge in [-0.3, -0.25) is 0 Å². The Morgan fingerprint density at radius 1 is 1.31 bits per heavy atom. The maximum Gasteiger partial charge on any atom is 0.0699 e. The Bertz CT molecular complexity index is 126. The molecule has 0 aliphatic heterocycles. The van der Waals surface area contributed by atoms with Crippen molar-refractivity contribution in [2.24, 2.45) is 11.7 Å². The van der Waals surface area contributed by atoms with Gasteiger partial charge in [0.25, 0.3) is 0 Å². The fraction of sp³-hybridized carbons (Fsp3) is 1.00. The van der Waals surface area contributed by atoms with Gasteiger partial charge in [-0.25, -0.2) is 0 Å². The lowest BCUT2D eigenvalue weighted by Crippen LogP contribution is -2.22. The van der Waals surface area contributed by atoms with Gasteiger partial charge in [-0.05, 0) is 18.2 Å². The minimum absolute atomic E-state index is 0.248. The van der Waals surface area contributed by atoms with Gasteiger partial charge in [0.05, 0.1) is 6.10 Å². The molecule has 0 aromatic heterocycles. The third-order valence-electron chi connectivity index (χ3n) is 2.81. The maximum absolute atomic E-state index is 9.27. The monoisotopic (exact) mass is 203 g/mol. The van der Waals surface area contributed by atoms with Crippen molar-refractivity contribution in [2.75, 3.05) is 18.9 Å². The average molecular weight is 203 g/mol. The van der Waals surface area contributed by atoms with E-state index in [0.29, 0.717) is 6.54 Å². The van der Waals surface area contributed by atoms with Gasteiger partial charge >= 0.3 is 0 Å². The molecular weight excluding hydrogens is 181 g/mol. The molecule has 0 heterocycles. The van der Waals surface area contributed by atoms with Crippen LogP contribution in [-0.2, 0) is 0 Å². The lowest BCUT2D eigenvalue weighted by Gasteiger charge is -2.21. The highest BCUT2D eigenvalue weighted by atomic mass is 31.1. The van der Waals surface area contributed by atoms with Crippen LogP contribution in [0.25, 0.3) is 0 Å². The van der Waals surface area contributed by atoms with Crippen LogP contribution in [0.4, 0.5) is 0 Å². The predicted octanol–water partition coefficient (Wildman–Crippen LogP) is 1.56. The van der Waals surface area contributed by atoms with Crippen molar-refractivity contribution in [1.29, 1.82) is 0 Å². The zero-order valence-electron chi connectivity index (χ0n) is 8.34. The van der Waals surface area contributed by atoms with Crippen LogP contribution in [0, 0.1) is 5.92 Å². The van der Waals surface area contributed by atoms with Crippen LogP contribution >= 0.6 is 8.58 Å². The van der Waals surface area contributed by atoms with E-state index < -0.39 is 0 Å². The van der Waals surface area contributed by atoms with Crippen LogP contribution in [0.15, 0.2) is 0 Å². The lowest BCUT2D eigenvalue weighted by atomic mass is 9.91. The second-order valence-corrected chi connectivity index (χ2v) is 5.37. The molecule has 13 heavy (non-hydrogen) atoms. The maximum atomic E-state index is 9.27. The Labute approximate surface area is 83.1 Å². The summed E-state index contributed by atoms with van der Waals surface area (Å²) >= 11 is 0. The first-order chi connectivity index (χ1) is 6.33. The molecule has 0 amide bonds. The highest BCUT2D eigenvalue weighted by molar-refractivity contribution is 7.38. The van der Waals surface area contributed by atoms with Crippen molar-refractivity contribution in [2.45, 2.75) is 38.2 Å². The summed E-state index contributed by atoms with van der Waals surface area (Å²) in [6.45, 7) is 0.428. The summed E-state index contributed by atoms with van der Waals surface area (Å²) in [5.74, 6) is 0.956. The van der Waals surface area contributed by atoms with E-state index in [9.17, 15) is 5.11 Å². The van der Waals surface area contributed by atoms with E-state index in [-0.39, 0.29) is 6.10 Å². The molecule has 1 saturated carbocycles. The molecule has 0 aromatic rings. The van der Waals surface area contributed by atoms with Crippen molar-refractivity contribution in [1.82, 2.24) is 0 Å². The van der Waals surface area contributed by atoms with E-state index in [2.05, 4.69) is 0 Å². The van der Waals surface area contributed by atoms with Crippen molar-refractivity contribution in [3.63, 3.8) is 0 Å². The van der Waals surface area contributed by atoms with Crippen LogP contribution in [0.2, 0.25) is 0 Å². The number of nitrogens with two attached hydrogens (primary N) is 1. The molecule has 1 rings (SSSR count). The molecule has 78 valence electrons. The molecule has 1 aliphatic rings. The number of hydrogen-bond acceptors (Lipinski definition) is 2. The molecule has 3 heteroatoms. The quantitative estimate of drug-likeness (QED) is 0.666. The minimum atomic E-state index is -0.248. The number of aliphatic hydroxyl groups is 1. The summed E-state index contributed by atoms with van der Waals surface area (Å²) in [6, 6.07) is 0. The van der Waals surface area contributed by atoms with Gasteiger partial charge in [0.15, 0.2) is 0 Å². The first kappa shape index (κ1) is 11.4. The van der Waals surface area contributed by atoms with E-state index in [4.69, 9.17) is 5.73 Å². The Morgan fingerprint density at radius 2 is 2.00 bits per heavy atom. The van der Waals surface area contributed by atoms with Crippen LogP contribution in [0.1, 0.15) is 32.1 Å². The molecule has 2 nitrogen and oxygen atoms in total. The van der Waals surface area contributed by atoms with Gasteiger partial charge in [0.2, 0.25) is 0 Å². The first-order valence-corrected chi connectivity index (χ1v) is 6.83. The Balaban J connectivity index is 1.98. The molecule has 0 saturated heterocycles. The van der Waals surface area contributed by atoms with Crippen molar-refractivity contribution in [3.05, 3.63) is 0 Å². The summed E-state index contributed by atoms with van der Waals surface area (Å²) in [6.07, 6.45) is 9.14. The van der Waals surface area contributed by atoms with E-state index >= 15 is 0 Å². The molecule has 2 unspecified atom stereocenters. The SMILES string of the molecule is NCC(O)CPCC1CCCCC1. The predicted molar refractivity (Wildman–Crippen MR) is 59.7 cm³/mol. The Morgan fingerprint density at radius 3 is 2.62 bits per heavy atom. The minimum Gasteiger partial charge on any atom is -0.391 e. The molecule has 1 aliphatic carbocycles. The number of rotatable bonds is 5. The summed E-state index contributed by atoms with van der Waals surface area (Å²) < 4.78 is 0. The zero-order valence-corrected chi connectivity index (χ0v) is 9.34. The fourth-order valence-electron chi connectivity index (χ4n) is 1.93. The smallest absolute Gasteiger partial charge is 0.0699 e. The molecule has 0 aromatic carbocycles. The van der Waals surface area contributed by atoms with Gasteiger partial charge in [0.1, 0.15) is 0 Å². The summed E-state index contributed by atoms with van der Waals surface area (Å²) in [4.78, 5) is 0. The highest BCUT2D eigenvalue weighted by Gasteiger charge is 2.13. The number of hydrogen-bond donors (Lipinski definition) is 2. The standard InChI is InChI=1S/C10H22NOP/c11-6-10(12)8-13-7-9-4-2-1-3-5-9/h9-10,12-13H,1-8,11H2. The Kier molecular flexibility index (Phi) is 5.93. The second kappa shape index (κ2) is 6.75. The largest absolute Gasteiger partial charge is 0.391 e. The van der Waals surface area contributed by atoms with Crippen LogP contribution in [0.5, 0.6) is 0 Å². The third kappa shape index (κ3) is 4.95. The van der Waals surface area contributed by atoms with Gasteiger partial charge in [0, 0.05) is 6.54 Å². The topological polar surface area (TPSA) is 46.2 Å². The zero-order chi connectivity index (χ0) is 9.52. The van der Waals surface area contributed by atoms with Gasteiger partial charge in [-0.2, -0.15) is 0 Å². The molecule has 1 fully saturated rings. The van der Waals surface area contributed by atoms with Crippen molar-refractivity contribution >= 4 is 8.58 Å². The highest BCUT2D eigenvalue weighted by Crippen LogP contribution is 2.29. The summed E-state index contributed by atoms with van der Waals surface area (Å²) in [5.41, 5.74) is 5.35. The van der Waals surface area contributed by atoms with Gasteiger partial charge in [-0.15, -0.1) is 8.58 Å². The van der Waals surface area contributed by atoms with Crippen molar-refractivity contribution < 1.29 is 5.11 Å². The molecule has 0 bridgehead atoms. The summed E-state index contributed by atoms with van der Waals surface area (Å²) in [5, 5.41) is 9.27. The van der Waals surface area contributed by atoms with E-state index in [1.54, 1.807) is 0 Å². The Hall–Kier alpha value is 0.350. The molecular formula is C10H22NOP. The van der Waals surface area contributed by atoms with Crippen molar-refractivity contribution in [3.8, 4) is 0 Å². The van der Waals surface area contributed by atoms with Crippen LogP contribution in [-0.4, -0.2) is 30.1 Å². The average Bonchev–Trinajstić information content (AvgIpc) is 2.19. The first-order valence-electron chi connectivity index (χ1n) is 5.41. The summed E-state index contributed by atoms with van der Waals surface area (Å²) in [7, 11) is 0.920. The van der Waals surface area contributed by atoms with Gasteiger partial charge < -0.3 is 10.8 Å². The normalized spacial score (nSPS) is 22.6. The van der Waals surface area contributed by atoms with Crippen LogP contribution < -0.4 is 5.73 Å². The molecule has 0 spiro atoms. The fourth-order valence-corrected chi connectivity index (χ4v) is 3.41. The van der Waals surface area contributed by atoms with E-state index in [1.807, 2.05) is 0 Å². The van der Waals surface area contributed by atoms with Crippen LogP contribution in [0.3, 0.4) is 0 Å². The lowest BCUT2D eigenvalue weighted by molar-refractivity contribution is 0.207. The molecule has 0 radical (unpaired) electrons. The second-order valence-electron chi connectivity index (χ2n) is 4.05. The number of aliphatic hydroxyl groups excluding tert-OH is 1. The van der Waals surface area contributed by atoms with E-state index in [1.165, 1.54) is 38.3 Å². The van der Waals surface area contributed by atoms with Gasteiger partial charge in [-0.1, -0.05) is 32.1 Å². The molecule has 3 N–H and O–H groups in total.